The first-order valence-electron chi connectivity index (χ1n) is 3.27. The summed E-state index contributed by atoms with van der Waals surface area (Å²) in [5.74, 6) is -0.809. The highest BCUT2D eigenvalue weighted by atomic mass is 35.5. The van der Waals surface area contributed by atoms with Crippen molar-refractivity contribution in [1.29, 1.82) is 0 Å². The average Bonchev–Trinajstić information content (AvgIpc) is 1.97. The zero-order chi connectivity index (χ0) is 10.9. The molecule has 1 aromatic heterocycles. The lowest BCUT2D eigenvalue weighted by Crippen LogP contribution is -2.19. The molecule has 1 heterocycles. The second-order valence-electron chi connectivity index (χ2n) is 2.31. The van der Waals surface area contributed by atoms with Crippen LogP contribution in [0.25, 0.3) is 0 Å². The van der Waals surface area contributed by atoms with Gasteiger partial charge in [0.05, 0.1) is 11.4 Å². The van der Waals surface area contributed by atoms with E-state index in [9.17, 15) is 13.2 Å². The molecule has 14 heavy (non-hydrogen) atoms. The van der Waals surface area contributed by atoms with Crippen LogP contribution >= 0.6 is 11.6 Å². The van der Waals surface area contributed by atoms with Crippen LogP contribution in [0.5, 0.6) is 5.88 Å². The van der Waals surface area contributed by atoms with Gasteiger partial charge in [0, 0.05) is 0 Å². The SMILES string of the molecule is Nc1cc(N)c(OC(F)(F)F)nc1Cl. The van der Waals surface area contributed by atoms with Crippen molar-refractivity contribution in [3.8, 4) is 5.88 Å². The quantitative estimate of drug-likeness (QED) is 0.718. The highest BCUT2D eigenvalue weighted by Gasteiger charge is 2.33. The van der Waals surface area contributed by atoms with Gasteiger partial charge in [-0.05, 0) is 6.07 Å². The Kier molecular flexibility index (Phi) is 2.61. The van der Waals surface area contributed by atoms with Gasteiger partial charge in [0.25, 0.3) is 0 Å². The fraction of sp³-hybridized carbons (Fsp3) is 0.167. The molecule has 78 valence electrons. The van der Waals surface area contributed by atoms with Crippen LogP contribution < -0.4 is 16.2 Å². The Morgan fingerprint density at radius 2 is 1.86 bits per heavy atom. The fourth-order valence-corrected chi connectivity index (χ4v) is 0.830. The third-order valence-corrected chi connectivity index (χ3v) is 1.51. The number of ether oxygens (including phenoxy) is 1. The van der Waals surface area contributed by atoms with E-state index in [2.05, 4.69) is 9.72 Å². The zero-order valence-electron chi connectivity index (χ0n) is 6.60. The van der Waals surface area contributed by atoms with Crippen molar-refractivity contribution in [3.05, 3.63) is 11.2 Å². The number of rotatable bonds is 1. The Bertz CT molecular complexity index is 355. The molecule has 0 amide bonds. The van der Waals surface area contributed by atoms with E-state index < -0.39 is 12.2 Å². The molecule has 0 aliphatic rings. The number of nitrogens with zero attached hydrogens (tertiary/aromatic N) is 1. The minimum Gasteiger partial charge on any atom is -0.396 e. The van der Waals surface area contributed by atoms with Crippen LogP contribution in [0.15, 0.2) is 6.07 Å². The average molecular weight is 228 g/mol. The normalized spacial score (nSPS) is 11.4. The molecule has 0 saturated heterocycles. The van der Waals surface area contributed by atoms with Gasteiger partial charge < -0.3 is 16.2 Å². The summed E-state index contributed by atoms with van der Waals surface area (Å²) in [5.41, 5.74) is 10.1. The Hall–Kier alpha value is -1.37. The van der Waals surface area contributed by atoms with Gasteiger partial charge in [-0.25, -0.2) is 0 Å². The second kappa shape index (κ2) is 3.41. The van der Waals surface area contributed by atoms with E-state index in [4.69, 9.17) is 23.1 Å². The van der Waals surface area contributed by atoms with E-state index in [-0.39, 0.29) is 16.5 Å². The molecule has 0 saturated carbocycles. The van der Waals surface area contributed by atoms with Gasteiger partial charge in [-0.15, -0.1) is 13.2 Å². The van der Waals surface area contributed by atoms with Crippen molar-refractivity contribution in [3.63, 3.8) is 0 Å². The molecule has 0 bridgehead atoms. The van der Waals surface area contributed by atoms with E-state index in [1.54, 1.807) is 0 Å². The number of anilines is 2. The van der Waals surface area contributed by atoms with Crippen molar-refractivity contribution in [1.82, 2.24) is 4.98 Å². The molecule has 0 radical (unpaired) electrons. The van der Waals surface area contributed by atoms with Crippen molar-refractivity contribution < 1.29 is 17.9 Å². The number of halogens is 4. The predicted molar refractivity (Wildman–Crippen MR) is 44.8 cm³/mol. The smallest absolute Gasteiger partial charge is 0.396 e. The van der Waals surface area contributed by atoms with Gasteiger partial charge in [0.15, 0.2) is 5.15 Å². The highest BCUT2D eigenvalue weighted by molar-refractivity contribution is 6.32. The zero-order valence-corrected chi connectivity index (χ0v) is 7.36. The first-order chi connectivity index (χ1) is 6.29. The van der Waals surface area contributed by atoms with Crippen molar-refractivity contribution in [2.24, 2.45) is 0 Å². The number of alkyl halides is 3. The summed E-state index contributed by atoms with van der Waals surface area (Å²) in [7, 11) is 0. The van der Waals surface area contributed by atoms with Gasteiger partial charge in [0.1, 0.15) is 0 Å². The molecule has 0 aliphatic heterocycles. The number of hydrogen-bond acceptors (Lipinski definition) is 4. The lowest BCUT2D eigenvalue weighted by atomic mass is 10.4. The summed E-state index contributed by atoms with van der Waals surface area (Å²) in [4.78, 5) is 3.23. The molecule has 8 heteroatoms. The maximum absolute atomic E-state index is 11.8. The van der Waals surface area contributed by atoms with Crippen LogP contribution in [0.4, 0.5) is 24.5 Å². The van der Waals surface area contributed by atoms with Crippen molar-refractivity contribution in [2.45, 2.75) is 6.36 Å². The van der Waals surface area contributed by atoms with Gasteiger partial charge in [0.2, 0.25) is 5.88 Å². The third kappa shape index (κ3) is 2.56. The molecular weight excluding hydrogens is 223 g/mol. The molecule has 1 rings (SSSR count). The molecule has 4 N–H and O–H groups in total. The van der Waals surface area contributed by atoms with Crippen molar-refractivity contribution >= 4 is 23.0 Å². The fourth-order valence-electron chi connectivity index (χ4n) is 0.698. The third-order valence-electron chi connectivity index (χ3n) is 1.21. The van der Waals surface area contributed by atoms with Crippen molar-refractivity contribution in [2.75, 3.05) is 11.5 Å². The molecule has 0 fully saturated rings. The molecule has 0 spiro atoms. The molecule has 0 unspecified atom stereocenters. The van der Waals surface area contributed by atoms with Crippen LogP contribution in [0.1, 0.15) is 0 Å². The number of aromatic nitrogens is 1. The van der Waals surface area contributed by atoms with Crippen LogP contribution in [0, 0.1) is 0 Å². The Morgan fingerprint density at radius 1 is 1.29 bits per heavy atom. The van der Waals surface area contributed by atoms with Crippen LogP contribution in [0.3, 0.4) is 0 Å². The van der Waals surface area contributed by atoms with E-state index in [0.29, 0.717) is 0 Å². The summed E-state index contributed by atoms with van der Waals surface area (Å²) in [6, 6.07) is 1.04. The minimum absolute atomic E-state index is 0.0151. The summed E-state index contributed by atoms with van der Waals surface area (Å²) in [6.07, 6.45) is -4.86. The largest absolute Gasteiger partial charge is 0.574 e. The predicted octanol–water partition coefficient (Wildman–Crippen LogP) is 1.80. The minimum atomic E-state index is -4.86. The summed E-state index contributed by atoms with van der Waals surface area (Å²) in [5, 5.41) is -0.293. The summed E-state index contributed by atoms with van der Waals surface area (Å²) < 4.78 is 38.8. The lowest BCUT2D eigenvalue weighted by molar-refractivity contribution is -0.275. The number of nitrogens with two attached hydrogens (primary N) is 2. The van der Waals surface area contributed by atoms with Crippen LogP contribution in [0.2, 0.25) is 5.15 Å². The Balaban J connectivity index is 3.04. The number of hydrogen-bond donors (Lipinski definition) is 2. The van der Waals surface area contributed by atoms with Crippen LogP contribution in [-0.4, -0.2) is 11.3 Å². The standard InChI is InChI=1S/C6H5ClF3N3O/c7-4-2(11)1-3(12)5(13-4)14-6(8,9)10/h1H,11-12H2. The Morgan fingerprint density at radius 3 is 2.36 bits per heavy atom. The Labute approximate surface area is 81.6 Å². The molecule has 0 aliphatic carbocycles. The molecule has 0 atom stereocenters. The van der Waals surface area contributed by atoms with E-state index in [1.165, 1.54) is 0 Å². The van der Waals surface area contributed by atoms with Crippen LogP contribution in [-0.2, 0) is 0 Å². The maximum Gasteiger partial charge on any atom is 0.574 e. The second-order valence-corrected chi connectivity index (χ2v) is 2.67. The van der Waals surface area contributed by atoms with Gasteiger partial charge in [-0.3, -0.25) is 0 Å². The highest BCUT2D eigenvalue weighted by Crippen LogP contribution is 2.30. The summed E-state index contributed by atoms with van der Waals surface area (Å²) in [6.45, 7) is 0. The lowest BCUT2D eigenvalue weighted by Gasteiger charge is -2.10. The number of pyridine rings is 1. The van der Waals surface area contributed by atoms with Gasteiger partial charge >= 0.3 is 6.36 Å². The first-order valence-corrected chi connectivity index (χ1v) is 3.64. The van der Waals surface area contributed by atoms with E-state index in [0.717, 1.165) is 6.07 Å². The monoisotopic (exact) mass is 227 g/mol. The molecule has 0 aromatic carbocycles. The van der Waals surface area contributed by atoms with Gasteiger partial charge in [-0.2, -0.15) is 4.98 Å². The topological polar surface area (TPSA) is 74.2 Å². The van der Waals surface area contributed by atoms with Gasteiger partial charge in [-0.1, -0.05) is 11.6 Å². The summed E-state index contributed by atoms with van der Waals surface area (Å²) >= 11 is 5.38. The molecule has 1 aromatic rings. The molecule has 4 nitrogen and oxygen atoms in total. The molecular formula is C6H5ClF3N3O. The first kappa shape index (κ1) is 10.7. The van der Waals surface area contributed by atoms with E-state index >= 15 is 0 Å². The van der Waals surface area contributed by atoms with E-state index in [1.807, 2.05) is 0 Å². The number of nitrogen functional groups attached to an aromatic ring is 2. The maximum atomic E-state index is 11.8.